The number of hydrogen-bond acceptors (Lipinski definition) is 6. The van der Waals surface area contributed by atoms with Gasteiger partial charge < -0.3 is 9.47 Å². The van der Waals surface area contributed by atoms with Gasteiger partial charge in [-0.1, -0.05) is 62.4 Å². The molecule has 2 heterocycles. The van der Waals surface area contributed by atoms with Crippen molar-refractivity contribution in [3.63, 3.8) is 0 Å². The predicted molar refractivity (Wildman–Crippen MR) is 137 cm³/mol. The van der Waals surface area contributed by atoms with E-state index in [9.17, 15) is 4.79 Å². The van der Waals surface area contributed by atoms with E-state index in [-0.39, 0.29) is 12.6 Å². The van der Waals surface area contributed by atoms with E-state index in [0.717, 1.165) is 53.0 Å². The number of ether oxygens (including phenoxy) is 2. The first-order valence-corrected chi connectivity index (χ1v) is 13.2. The molecule has 0 aliphatic carbocycles. The quantitative estimate of drug-likeness (QED) is 0.183. The van der Waals surface area contributed by atoms with Gasteiger partial charge in [0, 0.05) is 29.9 Å². The van der Waals surface area contributed by atoms with Crippen LogP contribution >= 0.6 is 22.9 Å². The van der Waals surface area contributed by atoms with Gasteiger partial charge in [0.25, 0.3) is 0 Å². The Kier molecular flexibility index (Phi) is 8.97. The Bertz CT molecular complexity index is 1080. The fraction of sp³-hybridized carbons (Fsp3) is 0.407. The minimum atomic E-state index is 0.152. The van der Waals surface area contributed by atoms with Crippen molar-refractivity contribution in [2.45, 2.75) is 65.1 Å². The van der Waals surface area contributed by atoms with E-state index in [2.05, 4.69) is 22.9 Å². The van der Waals surface area contributed by atoms with Crippen molar-refractivity contribution in [2.75, 3.05) is 6.79 Å². The highest BCUT2D eigenvalue weighted by atomic mass is 35.5. The number of thiazole rings is 1. The van der Waals surface area contributed by atoms with Gasteiger partial charge in [-0.3, -0.25) is 9.69 Å². The minimum absolute atomic E-state index is 0.152. The van der Waals surface area contributed by atoms with Crippen molar-refractivity contribution in [3.8, 4) is 11.5 Å². The Morgan fingerprint density at radius 2 is 1.71 bits per heavy atom. The van der Waals surface area contributed by atoms with Gasteiger partial charge in [-0.15, -0.1) is 11.3 Å². The Balaban J connectivity index is 1.42. The van der Waals surface area contributed by atoms with Crippen molar-refractivity contribution >= 4 is 28.7 Å². The average Bonchev–Trinajstić information content (AvgIpc) is 3.49. The Hall–Kier alpha value is -2.41. The highest BCUT2D eigenvalue weighted by Crippen LogP contribution is 2.33. The zero-order valence-electron chi connectivity index (χ0n) is 19.6. The lowest BCUT2D eigenvalue weighted by Crippen LogP contribution is -2.22. The number of rotatable bonds is 13. The maximum atomic E-state index is 12.6. The molecule has 0 amide bonds. The molecule has 0 saturated heterocycles. The molecule has 4 rings (SSSR count). The molecule has 1 aromatic heterocycles. The summed E-state index contributed by atoms with van der Waals surface area (Å²) in [5.74, 6) is 1.72. The molecule has 0 fully saturated rings. The molecular weight excluding hydrogens is 468 g/mol. The second kappa shape index (κ2) is 12.3. The number of aromatic nitrogens is 1. The standard InChI is InChI=1S/C27H31ClN2O3S/c1-2-3-4-5-6-7-24(31)23-18-34-27(29-23)17-30(15-20-8-11-22(28)12-9-20)16-21-10-13-25-26(14-21)33-19-32-25/h8-14,18H,2-7,15-17,19H2,1H3. The van der Waals surface area contributed by atoms with Crippen LogP contribution in [-0.4, -0.2) is 22.5 Å². The normalized spacial score (nSPS) is 12.4. The van der Waals surface area contributed by atoms with E-state index in [0.29, 0.717) is 18.7 Å². The van der Waals surface area contributed by atoms with Gasteiger partial charge in [-0.25, -0.2) is 4.98 Å². The molecule has 0 bridgehead atoms. The third-order valence-corrected chi connectivity index (χ3v) is 6.95. The molecular formula is C27H31ClN2O3S. The molecule has 0 spiro atoms. The van der Waals surface area contributed by atoms with Crippen LogP contribution in [0.4, 0.5) is 0 Å². The monoisotopic (exact) mass is 498 g/mol. The zero-order chi connectivity index (χ0) is 23.8. The van der Waals surface area contributed by atoms with Crippen molar-refractivity contribution in [1.82, 2.24) is 9.88 Å². The van der Waals surface area contributed by atoms with Gasteiger partial charge in [0.05, 0.1) is 6.54 Å². The minimum Gasteiger partial charge on any atom is -0.454 e. The molecule has 7 heteroatoms. The molecule has 180 valence electrons. The fourth-order valence-corrected chi connectivity index (χ4v) is 5.00. The van der Waals surface area contributed by atoms with E-state index in [1.54, 1.807) is 11.3 Å². The number of benzene rings is 2. The van der Waals surface area contributed by atoms with Crippen molar-refractivity contribution < 1.29 is 14.3 Å². The van der Waals surface area contributed by atoms with Crippen LogP contribution in [0.5, 0.6) is 11.5 Å². The highest BCUT2D eigenvalue weighted by Gasteiger charge is 2.17. The van der Waals surface area contributed by atoms with E-state index in [1.807, 2.05) is 41.8 Å². The van der Waals surface area contributed by atoms with Crippen molar-refractivity contribution in [1.29, 1.82) is 0 Å². The van der Waals surface area contributed by atoms with Crippen LogP contribution in [0.3, 0.4) is 0 Å². The zero-order valence-corrected chi connectivity index (χ0v) is 21.2. The average molecular weight is 499 g/mol. The lowest BCUT2D eigenvalue weighted by atomic mass is 10.1. The molecule has 2 aromatic carbocycles. The second-order valence-corrected chi connectivity index (χ2v) is 10.1. The number of hydrogen-bond donors (Lipinski definition) is 0. The summed E-state index contributed by atoms with van der Waals surface area (Å²) in [6, 6.07) is 14.0. The topological polar surface area (TPSA) is 51.7 Å². The maximum Gasteiger partial charge on any atom is 0.231 e. The SMILES string of the molecule is CCCCCCCC(=O)c1csc(CN(Cc2ccc(Cl)cc2)Cc2ccc3c(c2)OCO3)n1. The number of carbonyl (C=O) groups excluding carboxylic acids is 1. The lowest BCUT2D eigenvalue weighted by Gasteiger charge is -2.22. The molecule has 0 N–H and O–H groups in total. The first-order valence-electron chi connectivity index (χ1n) is 11.9. The number of Topliss-reactive ketones (excluding diaryl/α,β-unsaturated/α-hetero) is 1. The number of ketones is 1. The summed E-state index contributed by atoms with van der Waals surface area (Å²) in [6.45, 7) is 4.59. The van der Waals surface area contributed by atoms with E-state index in [1.165, 1.54) is 24.8 Å². The molecule has 34 heavy (non-hydrogen) atoms. The predicted octanol–water partition coefficient (Wildman–Crippen LogP) is 7.27. The number of carbonyl (C=O) groups is 1. The summed E-state index contributed by atoms with van der Waals surface area (Å²) in [6.07, 6.45) is 6.29. The Labute approximate surface area is 210 Å². The maximum absolute atomic E-state index is 12.6. The molecule has 1 aliphatic heterocycles. The molecule has 5 nitrogen and oxygen atoms in total. The van der Waals surface area contributed by atoms with Crippen molar-refractivity contribution in [2.24, 2.45) is 0 Å². The number of halogens is 1. The third-order valence-electron chi connectivity index (χ3n) is 5.87. The molecule has 0 radical (unpaired) electrons. The molecule has 0 unspecified atom stereocenters. The Morgan fingerprint density at radius 1 is 0.971 bits per heavy atom. The first kappa shape index (κ1) is 24.7. The number of unbranched alkanes of at least 4 members (excludes halogenated alkanes) is 4. The van der Waals surface area contributed by atoms with Crippen LogP contribution in [0, 0.1) is 0 Å². The molecule has 0 atom stereocenters. The van der Waals surface area contributed by atoms with Gasteiger partial charge in [-0.2, -0.15) is 0 Å². The van der Waals surface area contributed by atoms with Crippen molar-refractivity contribution in [3.05, 3.63) is 74.7 Å². The number of nitrogens with zero attached hydrogens (tertiary/aromatic N) is 2. The summed E-state index contributed by atoms with van der Waals surface area (Å²) in [5, 5.41) is 3.58. The van der Waals surface area contributed by atoms with Gasteiger partial charge >= 0.3 is 0 Å². The third kappa shape index (κ3) is 7.05. The van der Waals surface area contributed by atoms with E-state index < -0.39 is 0 Å². The van der Waals surface area contributed by atoms with Crippen LogP contribution in [0.25, 0.3) is 0 Å². The van der Waals surface area contributed by atoms with Gasteiger partial charge in [0.2, 0.25) is 6.79 Å². The largest absolute Gasteiger partial charge is 0.454 e. The van der Waals surface area contributed by atoms with Gasteiger partial charge in [-0.05, 0) is 41.8 Å². The van der Waals surface area contributed by atoms with Crippen LogP contribution in [0.15, 0.2) is 47.8 Å². The smallest absolute Gasteiger partial charge is 0.231 e. The van der Waals surface area contributed by atoms with Gasteiger partial charge in [0.15, 0.2) is 17.3 Å². The summed E-state index contributed by atoms with van der Waals surface area (Å²) in [4.78, 5) is 19.6. The number of fused-ring (bicyclic) bond motifs is 1. The highest BCUT2D eigenvalue weighted by molar-refractivity contribution is 7.09. The summed E-state index contributed by atoms with van der Waals surface area (Å²) < 4.78 is 11.0. The van der Waals surface area contributed by atoms with Crippen LogP contribution in [0.2, 0.25) is 5.02 Å². The summed E-state index contributed by atoms with van der Waals surface area (Å²) in [7, 11) is 0. The lowest BCUT2D eigenvalue weighted by molar-refractivity contribution is 0.0974. The van der Waals surface area contributed by atoms with Crippen LogP contribution < -0.4 is 9.47 Å². The van der Waals surface area contributed by atoms with E-state index in [4.69, 9.17) is 21.1 Å². The van der Waals surface area contributed by atoms with Gasteiger partial charge in [0.1, 0.15) is 10.7 Å². The molecule has 1 aliphatic rings. The van der Waals surface area contributed by atoms with E-state index >= 15 is 0 Å². The van der Waals surface area contributed by atoms with Crippen LogP contribution in [0.1, 0.15) is 72.1 Å². The van der Waals surface area contributed by atoms with Crippen LogP contribution in [-0.2, 0) is 19.6 Å². The molecule has 0 saturated carbocycles. The first-order chi connectivity index (χ1) is 16.6. The molecule has 3 aromatic rings. The fourth-order valence-electron chi connectivity index (χ4n) is 4.03. The Morgan fingerprint density at radius 3 is 2.53 bits per heavy atom. The second-order valence-electron chi connectivity index (χ2n) is 8.67. The summed E-state index contributed by atoms with van der Waals surface area (Å²) in [5.41, 5.74) is 2.91. The summed E-state index contributed by atoms with van der Waals surface area (Å²) >= 11 is 7.63.